The number of hydrogen-bond acceptors (Lipinski definition) is 2. The average molecular weight is 300 g/mol. The van der Waals surface area contributed by atoms with Crippen LogP contribution in [-0.2, 0) is 11.8 Å². The highest BCUT2D eigenvalue weighted by atomic mass is 19.4. The van der Waals surface area contributed by atoms with Crippen LogP contribution in [0.2, 0.25) is 0 Å². The summed E-state index contributed by atoms with van der Waals surface area (Å²) in [6.45, 7) is 6.69. The van der Waals surface area contributed by atoms with E-state index in [1.54, 1.807) is 6.20 Å². The van der Waals surface area contributed by atoms with Crippen molar-refractivity contribution in [3.63, 3.8) is 0 Å². The smallest absolute Gasteiger partial charge is 0.295 e. The number of nitrogens with zero attached hydrogens (tertiary/aromatic N) is 2. The first-order valence-corrected chi connectivity index (χ1v) is 7.38. The molecular weight excluding hydrogens is 277 g/mol. The third-order valence-corrected chi connectivity index (χ3v) is 3.95. The van der Waals surface area contributed by atoms with Crippen LogP contribution in [0.3, 0.4) is 0 Å². The van der Waals surface area contributed by atoms with Gasteiger partial charge in [0.25, 0.3) is 0 Å². The van der Waals surface area contributed by atoms with Gasteiger partial charge >= 0.3 is 6.18 Å². The molecule has 0 saturated carbocycles. The Balaban J connectivity index is 1.95. The van der Waals surface area contributed by atoms with Gasteiger partial charge in [0.05, 0.1) is 6.54 Å². The van der Waals surface area contributed by atoms with Crippen molar-refractivity contribution >= 4 is 0 Å². The Morgan fingerprint density at radius 1 is 1.29 bits per heavy atom. The average Bonchev–Trinajstić information content (AvgIpc) is 2.73. The Bertz CT molecular complexity index is 477. The van der Waals surface area contributed by atoms with Crippen LogP contribution in [0, 0.1) is 5.92 Å². The Morgan fingerprint density at radius 3 is 2.62 bits per heavy atom. The molecule has 0 aromatic carbocycles. The molecule has 1 aliphatic heterocycles. The van der Waals surface area contributed by atoms with Crippen LogP contribution in [0.25, 0.3) is 0 Å². The topological polar surface area (TPSA) is 16.1 Å². The second kappa shape index (κ2) is 5.95. The van der Waals surface area contributed by atoms with Gasteiger partial charge in [0.1, 0.15) is 0 Å². The van der Waals surface area contributed by atoms with E-state index in [4.69, 9.17) is 0 Å². The van der Waals surface area contributed by atoms with Gasteiger partial charge in [-0.3, -0.25) is 9.88 Å². The fraction of sp³-hybridized carbons (Fsp3) is 0.688. The minimum atomic E-state index is -4.10. The van der Waals surface area contributed by atoms with Crippen LogP contribution in [-0.4, -0.2) is 35.7 Å². The van der Waals surface area contributed by atoms with Gasteiger partial charge in [-0.1, -0.05) is 20.8 Å². The number of hydrogen-bond donors (Lipinski definition) is 0. The highest BCUT2D eigenvalue weighted by Crippen LogP contribution is 2.26. The van der Waals surface area contributed by atoms with Crippen molar-refractivity contribution in [2.75, 3.05) is 19.6 Å². The third-order valence-electron chi connectivity index (χ3n) is 3.95. The van der Waals surface area contributed by atoms with Gasteiger partial charge in [-0.15, -0.1) is 0 Å². The van der Waals surface area contributed by atoms with Crippen molar-refractivity contribution in [2.45, 2.75) is 45.2 Å². The molecule has 1 aliphatic rings. The molecule has 1 atom stereocenters. The normalized spacial score (nSPS) is 21.0. The molecule has 2 heterocycles. The van der Waals surface area contributed by atoms with Crippen LogP contribution in [0.5, 0.6) is 0 Å². The number of aromatic nitrogens is 1. The maximum Gasteiger partial charge on any atom is 0.401 e. The summed E-state index contributed by atoms with van der Waals surface area (Å²) >= 11 is 0. The molecule has 21 heavy (non-hydrogen) atoms. The maximum atomic E-state index is 12.4. The van der Waals surface area contributed by atoms with Crippen LogP contribution >= 0.6 is 0 Å². The number of pyridine rings is 1. The quantitative estimate of drug-likeness (QED) is 0.844. The molecule has 0 spiro atoms. The van der Waals surface area contributed by atoms with Gasteiger partial charge in [-0.25, -0.2) is 0 Å². The summed E-state index contributed by atoms with van der Waals surface area (Å²) in [6, 6.07) is 4.10. The molecule has 5 heteroatoms. The summed E-state index contributed by atoms with van der Waals surface area (Å²) in [4.78, 5) is 5.87. The Kier molecular flexibility index (Phi) is 4.61. The molecule has 1 fully saturated rings. The van der Waals surface area contributed by atoms with E-state index in [0.717, 1.165) is 18.5 Å². The predicted molar refractivity (Wildman–Crippen MR) is 77.2 cm³/mol. The molecule has 0 amide bonds. The molecule has 0 aliphatic carbocycles. The second-order valence-corrected chi connectivity index (χ2v) is 6.99. The Labute approximate surface area is 124 Å². The molecule has 0 bridgehead atoms. The van der Waals surface area contributed by atoms with Gasteiger partial charge in [-0.2, -0.15) is 13.2 Å². The molecule has 1 aromatic rings. The summed E-state index contributed by atoms with van der Waals surface area (Å²) in [5.41, 5.74) is 2.27. The lowest BCUT2D eigenvalue weighted by molar-refractivity contribution is -0.143. The van der Waals surface area contributed by atoms with Crippen molar-refractivity contribution < 1.29 is 13.2 Å². The van der Waals surface area contributed by atoms with E-state index in [9.17, 15) is 13.2 Å². The molecule has 0 radical (unpaired) electrons. The molecule has 2 nitrogen and oxygen atoms in total. The third kappa shape index (κ3) is 4.99. The second-order valence-electron chi connectivity index (χ2n) is 6.99. The van der Waals surface area contributed by atoms with Crippen molar-refractivity contribution in [2.24, 2.45) is 5.92 Å². The molecular formula is C16H23F3N2. The molecule has 0 N–H and O–H groups in total. The van der Waals surface area contributed by atoms with Crippen LogP contribution < -0.4 is 0 Å². The van der Waals surface area contributed by atoms with Gasteiger partial charge < -0.3 is 0 Å². The number of alkyl halides is 3. The van der Waals surface area contributed by atoms with E-state index < -0.39 is 12.7 Å². The first kappa shape index (κ1) is 16.3. The zero-order valence-corrected chi connectivity index (χ0v) is 12.9. The van der Waals surface area contributed by atoms with E-state index >= 15 is 0 Å². The molecule has 1 aromatic heterocycles. The van der Waals surface area contributed by atoms with Crippen LogP contribution in [0.4, 0.5) is 13.2 Å². The number of halogens is 3. The zero-order chi connectivity index (χ0) is 15.7. The minimum Gasteiger partial charge on any atom is -0.295 e. The molecule has 118 valence electrons. The van der Waals surface area contributed by atoms with Gasteiger partial charge in [0, 0.05) is 18.4 Å². The number of rotatable bonds is 3. The number of likely N-dealkylation sites (tertiary alicyclic amines) is 1. The minimum absolute atomic E-state index is 0.0652. The fourth-order valence-electron chi connectivity index (χ4n) is 2.83. The highest BCUT2D eigenvalue weighted by Gasteiger charge is 2.34. The summed E-state index contributed by atoms with van der Waals surface area (Å²) < 4.78 is 37.2. The predicted octanol–water partition coefficient (Wildman–Crippen LogP) is 3.81. The summed E-state index contributed by atoms with van der Waals surface area (Å²) in [6.07, 6.45) is -0.715. The molecule has 1 saturated heterocycles. The van der Waals surface area contributed by atoms with E-state index in [1.807, 2.05) is 6.07 Å². The summed E-state index contributed by atoms with van der Waals surface area (Å²) in [5, 5.41) is 0. The van der Waals surface area contributed by atoms with Crippen molar-refractivity contribution in [1.29, 1.82) is 0 Å². The Hall–Kier alpha value is -1.10. The zero-order valence-electron chi connectivity index (χ0n) is 12.9. The fourth-order valence-corrected chi connectivity index (χ4v) is 2.83. The standard InChI is InChI=1S/C16H23F3N2/c1-15(2,3)13-4-6-20-14(9-13)8-12-5-7-21(10-12)11-16(17,18)19/h4,6,9,12H,5,7-8,10-11H2,1-3H3. The van der Waals surface area contributed by atoms with E-state index in [-0.39, 0.29) is 11.3 Å². The van der Waals surface area contributed by atoms with Gasteiger partial charge in [0.15, 0.2) is 0 Å². The van der Waals surface area contributed by atoms with Crippen molar-refractivity contribution in [3.8, 4) is 0 Å². The van der Waals surface area contributed by atoms with Gasteiger partial charge in [-0.05, 0) is 48.4 Å². The van der Waals surface area contributed by atoms with E-state index in [1.165, 1.54) is 10.5 Å². The van der Waals surface area contributed by atoms with Crippen molar-refractivity contribution in [1.82, 2.24) is 9.88 Å². The van der Waals surface area contributed by atoms with E-state index in [2.05, 4.69) is 31.8 Å². The maximum absolute atomic E-state index is 12.4. The highest BCUT2D eigenvalue weighted by molar-refractivity contribution is 5.23. The van der Waals surface area contributed by atoms with Crippen LogP contribution in [0.15, 0.2) is 18.3 Å². The Morgan fingerprint density at radius 2 is 2.00 bits per heavy atom. The lowest BCUT2D eigenvalue weighted by atomic mass is 9.86. The summed E-state index contributed by atoms with van der Waals surface area (Å²) in [5.74, 6) is 0.273. The van der Waals surface area contributed by atoms with Crippen LogP contribution in [0.1, 0.15) is 38.4 Å². The van der Waals surface area contributed by atoms with Gasteiger partial charge in [0.2, 0.25) is 0 Å². The van der Waals surface area contributed by atoms with E-state index in [0.29, 0.717) is 13.1 Å². The lowest BCUT2D eigenvalue weighted by Gasteiger charge is -2.20. The van der Waals surface area contributed by atoms with Crippen molar-refractivity contribution in [3.05, 3.63) is 29.6 Å². The molecule has 2 rings (SSSR count). The first-order valence-electron chi connectivity index (χ1n) is 7.38. The lowest BCUT2D eigenvalue weighted by Crippen LogP contribution is -2.32. The first-order chi connectivity index (χ1) is 9.63. The largest absolute Gasteiger partial charge is 0.401 e. The monoisotopic (exact) mass is 300 g/mol. The molecule has 1 unspecified atom stereocenters. The SMILES string of the molecule is CC(C)(C)c1ccnc(CC2CCN(CC(F)(F)F)C2)c1. The summed E-state index contributed by atoms with van der Waals surface area (Å²) in [7, 11) is 0.